The molecule has 0 spiro atoms. The molecular weight excluding hydrogens is 396 g/mol. The fraction of sp³-hybridized carbons (Fsp3) is 0.304. The average Bonchev–Trinajstić information content (AvgIpc) is 3.24. The third kappa shape index (κ3) is 4.06. The van der Waals surface area contributed by atoms with Gasteiger partial charge in [-0.2, -0.15) is 0 Å². The molecule has 0 bridgehead atoms. The van der Waals surface area contributed by atoms with Gasteiger partial charge in [-0.3, -0.25) is 23.9 Å². The van der Waals surface area contributed by atoms with Crippen LogP contribution in [-0.4, -0.2) is 47.4 Å². The highest BCUT2D eigenvalue weighted by molar-refractivity contribution is 6.05. The molecule has 1 N–H and O–H groups in total. The number of Topliss-reactive ketones (excluding diaryl/α,β-unsaturated/α-hetero) is 1. The van der Waals surface area contributed by atoms with Gasteiger partial charge in [0.2, 0.25) is 11.9 Å². The predicted molar refractivity (Wildman–Crippen MR) is 117 cm³/mol. The summed E-state index contributed by atoms with van der Waals surface area (Å²) in [6.45, 7) is 2.50. The van der Waals surface area contributed by atoms with Crippen molar-refractivity contribution in [1.29, 1.82) is 0 Å². The number of fused-ring (bicyclic) bond motifs is 3. The monoisotopic (exact) mass is 420 g/mol. The minimum Gasteiger partial charge on any atom is -0.385 e. The van der Waals surface area contributed by atoms with Crippen LogP contribution in [-0.2, 0) is 14.3 Å². The van der Waals surface area contributed by atoms with E-state index in [-0.39, 0.29) is 24.0 Å². The second kappa shape index (κ2) is 8.69. The number of aromatic nitrogens is 2. The molecule has 4 rings (SSSR count). The lowest BCUT2D eigenvalue weighted by Crippen LogP contribution is -2.32. The van der Waals surface area contributed by atoms with Crippen molar-refractivity contribution in [3.63, 3.8) is 0 Å². The molecule has 2 aromatic carbocycles. The van der Waals surface area contributed by atoms with Crippen LogP contribution in [0.2, 0.25) is 0 Å². The lowest BCUT2D eigenvalue weighted by atomic mass is 10.1. The Bertz CT molecular complexity index is 1140. The van der Waals surface area contributed by atoms with E-state index < -0.39 is 6.04 Å². The average molecular weight is 420 g/mol. The standard InChI is InChI=1S/C23H24N4O4/c1-15(28)16-8-10-17(11-9-16)24-21(29)14-20-22(30)26(12-5-13-31-2)23-25-18-6-3-4-7-19(18)27(20)23/h3-4,6-11,20H,5,12-14H2,1-2H3,(H,24,29)/t20-/m0/s1. The number of amides is 2. The first kappa shape index (κ1) is 20.7. The van der Waals surface area contributed by atoms with Crippen LogP contribution in [0.3, 0.4) is 0 Å². The van der Waals surface area contributed by atoms with E-state index in [1.54, 1.807) is 36.3 Å². The number of hydrogen-bond acceptors (Lipinski definition) is 5. The van der Waals surface area contributed by atoms with E-state index in [1.807, 2.05) is 28.8 Å². The summed E-state index contributed by atoms with van der Waals surface area (Å²) < 4.78 is 6.96. The Kier molecular flexibility index (Phi) is 5.81. The Balaban J connectivity index is 1.56. The zero-order valence-corrected chi connectivity index (χ0v) is 17.5. The molecule has 0 radical (unpaired) electrons. The van der Waals surface area contributed by atoms with E-state index in [0.29, 0.717) is 36.8 Å². The van der Waals surface area contributed by atoms with Gasteiger partial charge >= 0.3 is 0 Å². The van der Waals surface area contributed by atoms with Gasteiger partial charge in [-0.15, -0.1) is 0 Å². The predicted octanol–water partition coefficient (Wildman–Crippen LogP) is 3.19. The quantitative estimate of drug-likeness (QED) is 0.446. The van der Waals surface area contributed by atoms with Crippen LogP contribution in [0.4, 0.5) is 11.6 Å². The van der Waals surface area contributed by atoms with E-state index in [9.17, 15) is 14.4 Å². The van der Waals surface area contributed by atoms with Gasteiger partial charge in [0.1, 0.15) is 6.04 Å². The van der Waals surface area contributed by atoms with Crippen molar-refractivity contribution < 1.29 is 19.1 Å². The normalized spacial score (nSPS) is 15.4. The SMILES string of the molecule is COCCCN1C(=O)[C@H](CC(=O)Nc2ccc(C(C)=O)cc2)n2c1nc1ccccc12. The number of anilines is 2. The summed E-state index contributed by atoms with van der Waals surface area (Å²) in [5.41, 5.74) is 2.76. The van der Waals surface area contributed by atoms with Crippen molar-refractivity contribution in [2.24, 2.45) is 0 Å². The fourth-order valence-corrected chi connectivity index (χ4v) is 3.85. The molecule has 160 valence electrons. The number of nitrogens with one attached hydrogen (secondary N) is 1. The Labute approximate surface area is 179 Å². The first-order valence-corrected chi connectivity index (χ1v) is 10.2. The third-order valence-electron chi connectivity index (χ3n) is 5.37. The summed E-state index contributed by atoms with van der Waals surface area (Å²) in [6.07, 6.45) is 0.661. The van der Waals surface area contributed by atoms with Crippen LogP contribution in [0.5, 0.6) is 0 Å². The third-order valence-corrected chi connectivity index (χ3v) is 5.37. The second-order valence-corrected chi connectivity index (χ2v) is 7.51. The summed E-state index contributed by atoms with van der Waals surface area (Å²) in [6, 6.07) is 13.6. The first-order valence-electron chi connectivity index (χ1n) is 10.2. The fourth-order valence-electron chi connectivity index (χ4n) is 3.85. The van der Waals surface area contributed by atoms with Crippen molar-refractivity contribution >= 4 is 40.3 Å². The molecule has 0 saturated heterocycles. The van der Waals surface area contributed by atoms with Crippen LogP contribution >= 0.6 is 0 Å². The number of methoxy groups -OCH3 is 1. The van der Waals surface area contributed by atoms with Gasteiger partial charge < -0.3 is 10.1 Å². The molecule has 1 aromatic heterocycles. The van der Waals surface area contributed by atoms with E-state index in [2.05, 4.69) is 10.3 Å². The van der Waals surface area contributed by atoms with Crippen molar-refractivity contribution in [2.75, 3.05) is 30.5 Å². The number of para-hydroxylation sites is 2. The summed E-state index contributed by atoms with van der Waals surface area (Å²) in [4.78, 5) is 43.6. The van der Waals surface area contributed by atoms with Crippen LogP contribution in [0.25, 0.3) is 11.0 Å². The first-order chi connectivity index (χ1) is 15.0. The number of benzene rings is 2. The summed E-state index contributed by atoms with van der Waals surface area (Å²) in [7, 11) is 1.62. The van der Waals surface area contributed by atoms with Crippen LogP contribution in [0, 0.1) is 0 Å². The molecule has 3 aromatic rings. The molecule has 1 aliphatic rings. The maximum atomic E-state index is 13.2. The molecule has 0 aliphatic carbocycles. The van der Waals surface area contributed by atoms with Crippen molar-refractivity contribution in [1.82, 2.24) is 9.55 Å². The highest BCUT2D eigenvalue weighted by atomic mass is 16.5. The number of hydrogen-bond donors (Lipinski definition) is 1. The molecule has 1 atom stereocenters. The zero-order valence-electron chi connectivity index (χ0n) is 17.5. The topological polar surface area (TPSA) is 93.5 Å². The number of rotatable bonds is 8. The van der Waals surface area contributed by atoms with Crippen LogP contribution in [0.15, 0.2) is 48.5 Å². The number of ketones is 1. The molecule has 8 nitrogen and oxygen atoms in total. The van der Waals surface area contributed by atoms with E-state index >= 15 is 0 Å². The van der Waals surface area contributed by atoms with Crippen molar-refractivity contribution in [2.45, 2.75) is 25.8 Å². The largest absolute Gasteiger partial charge is 0.385 e. The molecule has 0 fully saturated rings. The van der Waals surface area contributed by atoms with Gasteiger partial charge in [0.05, 0.1) is 17.5 Å². The number of nitrogens with zero attached hydrogens (tertiary/aromatic N) is 3. The van der Waals surface area contributed by atoms with Gasteiger partial charge in [-0.1, -0.05) is 12.1 Å². The van der Waals surface area contributed by atoms with Crippen LogP contribution < -0.4 is 10.2 Å². The molecular formula is C23H24N4O4. The Morgan fingerprint density at radius 1 is 1.13 bits per heavy atom. The number of carbonyl (C=O) groups is 3. The maximum Gasteiger partial charge on any atom is 0.253 e. The van der Waals surface area contributed by atoms with E-state index in [1.165, 1.54) is 6.92 Å². The summed E-state index contributed by atoms with van der Waals surface area (Å²) >= 11 is 0. The minimum atomic E-state index is -0.665. The highest BCUT2D eigenvalue weighted by Gasteiger charge is 2.40. The molecule has 0 unspecified atom stereocenters. The van der Waals surface area contributed by atoms with Gasteiger partial charge in [0.15, 0.2) is 5.78 Å². The van der Waals surface area contributed by atoms with E-state index in [4.69, 9.17) is 4.74 Å². The maximum absolute atomic E-state index is 13.2. The number of carbonyl (C=O) groups excluding carboxylic acids is 3. The Morgan fingerprint density at radius 3 is 2.58 bits per heavy atom. The number of ether oxygens (including phenoxy) is 1. The lowest BCUT2D eigenvalue weighted by Gasteiger charge is -2.15. The Hall–Kier alpha value is -3.52. The van der Waals surface area contributed by atoms with Gasteiger partial charge in [0, 0.05) is 31.5 Å². The zero-order chi connectivity index (χ0) is 22.0. The highest BCUT2D eigenvalue weighted by Crippen LogP contribution is 2.36. The molecule has 1 aliphatic heterocycles. The smallest absolute Gasteiger partial charge is 0.253 e. The lowest BCUT2D eigenvalue weighted by molar-refractivity contribution is -0.124. The van der Waals surface area contributed by atoms with Gasteiger partial charge in [-0.05, 0) is 49.7 Å². The summed E-state index contributed by atoms with van der Waals surface area (Å²) in [5, 5.41) is 2.82. The van der Waals surface area contributed by atoms with Gasteiger partial charge in [0.25, 0.3) is 5.91 Å². The molecule has 2 amide bonds. The van der Waals surface area contributed by atoms with Crippen LogP contribution in [0.1, 0.15) is 36.2 Å². The molecule has 31 heavy (non-hydrogen) atoms. The van der Waals surface area contributed by atoms with Crippen molar-refractivity contribution in [3.8, 4) is 0 Å². The van der Waals surface area contributed by atoms with E-state index in [0.717, 1.165) is 11.0 Å². The second-order valence-electron chi connectivity index (χ2n) is 7.51. The minimum absolute atomic E-state index is 0.0125. The van der Waals surface area contributed by atoms with Crippen molar-refractivity contribution in [3.05, 3.63) is 54.1 Å². The summed E-state index contributed by atoms with van der Waals surface area (Å²) in [5.74, 6) is 0.0938. The van der Waals surface area contributed by atoms with Gasteiger partial charge in [-0.25, -0.2) is 4.98 Å². The molecule has 2 heterocycles. The molecule has 8 heteroatoms. The molecule has 0 saturated carbocycles. The number of imidazole rings is 1. The Morgan fingerprint density at radius 2 is 1.87 bits per heavy atom.